The Morgan fingerprint density at radius 2 is 2.06 bits per heavy atom. The number of fused-ring (bicyclic) bond motifs is 3. The molecule has 18 heavy (non-hydrogen) atoms. The van der Waals surface area contributed by atoms with Crippen molar-refractivity contribution in [2.24, 2.45) is 0 Å². The van der Waals surface area contributed by atoms with Gasteiger partial charge >= 0.3 is 0 Å². The maximum absolute atomic E-state index is 5.51. The topological polar surface area (TPSA) is 46.3 Å². The number of aromatic nitrogens is 1. The molecule has 0 aliphatic carbocycles. The molecule has 3 rings (SSSR count). The molecule has 0 saturated carbocycles. The van der Waals surface area contributed by atoms with Crippen molar-refractivity contribution in [3.8, 4) is 11.5 Å². The molecule has 1 unspecified atom stereocenters. The van der Waals surface area contributed by atoms with Crippen LogP contribution in [-0.2, 0) is 6.42 Å². The number of nitrogens with one attached hydrogen (secondary N) is 2. The summed E-state index contributed by atoms with van der Waals surface area (Å²) in [7, 11) is 3.38. The first-order valence-corrected chi connectivity index (χ1v) is 6.24. The number of H-pyrrole nitrogens is 1. The molecule has 0 saturated heterocycles. The first-order chi connectivity index (χ1) is 8.74. The average Bonchev–Trinajstić information content (AvgIpc) is 2.77. The zero-order valence-electron chi connectivity index (χ0n) is 11.0. The smallest absolute Gasteiger partial charge is 0.132 e. The summed E-state index contributed by atoms with van der Waals surface area (Å²) in [5.41, 5.74) is 3.73. The van der Waals surface area contributed by atoms with Crippen LogP contribution in [0, 0.1) is 0 Å². The fraction of sp³-hybridized carbons (Fsp3) is 0.429. The Bertz CT molecular complexity index is 589. The summed E-state index contributed by atoms with van der Waals surface area (Å²) in [6.45, 7) is 3.19. The van der Waals surface area contributed by atoms with E-state index in [4.69, 9.17) is 9.47 Å². The largest absolute Gasteiger partial charge is 0.497 e. The van der Waals surface area contributed by atoms with Crippen molar-refractivity contribution in [2.45, 2.75) is 19.4 Å². The minimum atomic E-state index is 0.358. The summed E-state index contributed by atoms with van der Waals surface area (Å²) < 4.78 is 10.8. The van der Waals surface area contributed by atoms with E-state index in [0.29, 0.717) is 6.04 Å². The second-order valence-electron chi connectivity index (χ2n) is 4.70. The van der Waals surface area contributed by atoms with Gasteiger partial charge in [0.05, 0.1) is 19.7 Å². The lowest BCUT2D eigenvalue weighted by molar-refractivity contribution is 0.398. The van der Waals surface area contributed by atoms with E-state index in [0.717, 1.165) is 30.0 Å². The van der Waals surface area contributed by atoms with E-state index >= 15 is 0 Å². The van der Waals surface area contributed by atoms with Gasteiger partial charge in [-0.2, -0.15) is 0 Å². The number of rotatable bonds is 2. The van der Waals surface area contributed by atoms with Crippen LogP contribution in [0.4, 0.5) is 0 Å². The molecule has 1 aromatic heterocycles. The summed E-state index contributed by atoms with van der Waals surface area (Å²) in [5, 5.41) is 4.66. The number of hydrogen-bond acceptors (Lipinski definition) is 3. The first kappa shape index (κ1) is 11.4. The van der Waals surface area contributed by atoms with Crippen LogP contribution in [0.15, 0.2) is 12.1 Å². The number of hydrogen-bond donors (Lipinski definition) is 2. The van der Waals surface area contributed by atoms with Crippen molar-refractivity contribution >= 4 is 10.9 Å². The zero-order chi connectivity index (χ0) is 12.7. The molecule has 0 bridgehead atoms. The third-order valence-electron chi connectivity index (χ3n) is 3.69. The number of ether oxygens (including phenoxy) is 2. The van der Waals surface area contributed by atoms with Crippen LogP contribution < -0.4 is 14.8 Å². The normalized spacial score (nSPS) is 18.7. The molecule has 2 heterocycles. The van der Waals surface area contributed by atoms with E-state index in [2.05, 4.69) is 17.2 Å². The highest BCUT2D eigenvalue weighted by molar-refractivity contribution is 5.92. The minimum absolute atomic E-state index is 0.358. The third kappa shape index (κ3) is 1.56. The molecule has 0 amide bonds. The van der Waals surface area contributed by atoms with Crippen molar-refractivity contribution in [3.05, 3.63) is 23.4 Å². The zero-order valence-corrected chi connectivity index (χ0v) is 11.0. The Kier molecular flexibility index (Phi) is 2.67. The number of aromatic amines is 1. The van der Waals surface area contributed by atoms with Gasteiger partial charge in [0.25, 0.3) is 0 Å². The van der Waals surface area contributed by atoms with Gasteiger partial charge in [-0.05, 0) is 25.5 Å². The molecular formula is C14H18N2O2. The lowest BCUT2D eigenvalue weighted by atomic mass is 10.00. The molecule has 0 fully saturated rings. The van der Waals surface area contributed by atoms with Gasteiger partial charge in [0.1, 0.15) is 11.5 Å². The molecular weight excluding hydrogens is 228 g/mol. The Hall–Kier alpha value is -1.68. The average molecular weight is 246 g/mol. The van der Waals surface area contributed by atoms with Crippen molar-refractivity contribution in [1.29, 1.82) is 0 Å². The minimum Gasteiger partial charge on any atom is -0.497 e. The standard InChI is InChI=1S/C14H18N2O2/c1-8-14-10(4-5-15-8)13-11(16-14)6-9(17-2)7-12(13)18-3/h6-8,15-16H,4-5H2,1-3H3. The van der Waals surface area contributed by atoms with Gasteiger partial charge in [-0.25, -0.2) is 0 Å². The predicted molar refractivity (Wildman–Crippen MR) is 71.5 cm³/mol. The van der Waals surface area contributed by atoms with Crippen LogP contribution in [0.1, 0.15) is 24.2 Å². The summed E-state index contributed by atoms with van der Waals surface area (Å²) in [5.74, 6) is 1.70. The van der Waals surface area contributed by atoms with Crippen LogP contribution >= 0.6 is 0 Å². The summed E-state index contributed by atoms with van der Waals surface area (Å²) >= 11 is 0. The summed E-state index contributed by atoms with van der Waals surface area (Å²) in [6, 6.07) is 4.34. The van der Waals surface area contributed by atoms with Crippen molar-refractivity contribution in [2.75, 3.05) is 20.8 Å². The molecule has 1 aromatic carbocycles. The molecule has 1 aliphatic heterocycles. The van der Waals surface area contributed by atoms with Crippen molar-refractivity contribution < 1.29 is 9.47 Å². The SMILES string of the molecule is COc1cc(OC)c2c3c([nH]c2c1)C(C)NCC3. The first-order valence-electron chi connectivity index (χ1n) is 6.24. The van der Waals surface area contributed by atoms with Crippen molar-refractivity contribution in [1.82, 2.24) is 10.3 Å². The summed E-state index contributed by atoms with van der Waals surface area (Å²) in [4.78, 5) is 3.49. The van der Waals surface area contributed by atoms with Crippen LogP contribution in [0.25, 0.3) is 10.9 Å². The molecule has 1 aliphatic rings. The number of methoxy groups -OCH3 is 2. The highest BCUT2D eigenvalue weighted by Crippen LogP contribution is 2.38. The van der Waals surface area contributed by atoms with E-state index in [1.165, 1.54) is 16.6 Å². The lowest BCUT2D eigenvalue weighted by Gasteiger charge is -2.20. The van der Waals surface area contributed by atoms with E-state index in [-0.39, 0.29) is 0 Å². The molecule has 4 nitrogen and oxygen atoms in total. The van der Waals surface area contributed by atoms with Gasteiger partial charge in [0.15, 0.2) is 0 Å². The van der Waals surface area contributed by atoms with E-state index in [1.807, 2.05) is 12.1 Å². The molecule has 4 heteroatoms. The molecule has 2 N–H and O–H groups in total. The summed E-state index contributed by atoms with van der Waals surface area (Å²) in [6.07, 6.45) is 1.03. The monoisotopic (exact) mass is 246 g/mol. The second-order valence-corrected chi connectivity index (χ2v) is 4.70. The van der Waals surface area contributed by atoms with Gasteiger partial charge in [-0.15, -0.1) is 0 Å². The third-order valence-corrected chi connectivity index (χ3v) is 3.69. The van der Waals surface area contributed by atoms with Gasteiger partial charge < -0.3 is 19.8 Å². The second kappa shape index (κ2) is 4.21. The molecule has 2 aromatic rings. The maximum atomic E-state index is 5.51. The highest BCUT2D eigenvalue weighted by atomic mass is 16.5. The maximum Gasteiger partial charge on any atom is 0.132 e. The Labute approximate surface area is 106 Å². The molecule has 0 spiro atoms. The fourth-order valence-corrected chi connectivity index (χ4v) is 2.78. The van der Waals surface area contributed by atoms with Crippen molar-refractivity contribution in [3.63, 3.8) is 0 Å². The Morgan fingerprint density at radius 3 is 2.78 bits per heavy atom. The molecule has 0 radical (unpaired) electrons. The van der Waals surface area contributed by atoms with E-state index < -0.39 is 0 Å². The molecule has 1 atom stereocenters. The fourth-order valence-electron chi connectivity index (χ4n) is 2.78. The van der Waals surface area contributed by atoms with Crippen LogP contribution in [0.2, 0.25) is 0 Å². The Balaban J connectivity index is 2.30. The predicted octanol–water partition coefficient (Wildman–Crippen LogP) is 2.39. The van der Waals surface area contributed by atoms with E-state index in [1.54, 1.807) is 14.2 Å². The number of benzene rings is 1. The quantitative estimate of drug-likeness (QED) is 0.855. The van der Waals surface area contributed by atoms with Crippen LogP contribution in [0.5, 0.6) is 11.5 Å². The molecule has 96 valence electrons. The van der Waals surface area contributed by atoms with Gasteiger partial charge in [0, 0.05) is 29.3 Å². The van der Waals surface area contributed by atoms with Gasteiger partial charge in [0.2, 0.25) is 0 Å². The van der Waals surface area contributed by atoms with Gasteiger partial charge in [-0.1, -0.05) is 0 Å². The van der Waals surface area contributed by atoms with Crippen LogP contribution in [0.3, 0.4) is 0 Å². The van der Waals surface area contributed by atoms with Gasteiger partial charge in [-0.3, -0.25) is 0 Å². The lowest BCUT2D eigenvalue weighted by Crippen LogP contribution is -2.27. The Morgan fingerprint density at radius 1 is 1.22 bits per heavy atom. The van der Waals surface area contributed by atoms with Crippen LogP contribution in [-0.4, -0.2) is 25.7 Å². The van der Waals surface area contributed by atoms with E-state index in [9.17, 15) is 0 Å². The highest BCUT2D eigenvalue weighted by Gasteiger charge is 2.23.